The van der Waals surface area contributed by atoms with Crippen molar-refractivity contribution in [1.29, 1.82) is 0 Å². The van der Waals surface area contributed by atoms with Crippen molar-refractivity contribution in [3.63, 3.8) is 0 Å². The lowest BCUT2D eigenvalue weighted by Crippen LogP contribution is -2.31. The number of ether oxygens (including phenoxy) is 1. The molecule has 0 aromatic heterocycles. The summed E-state index contributed by atoms with van der Waals surface area (Å²) >= 11 is 5.02. The van der Waals surface area contributed by atoms with Gasteiger partial charge in [-0.1, -0.05) is 18.2 Å². The predicted octanol–water partition coefficient (Wildman–Crippen LogP) is 2.46. The molecule has 1 aromatic rings. The van der Waals surface area contributed by atoms with E-state index in [1.54, 1.807) is 12.3 Å². The average molecular weight is 277 g/mol. The molecule has 4 nitrogen and oxygen atoms in total. The van der Waals surface area contributed by atoms with Gasteiger partial charge in [-0.2, -0.15) is 5.10 Å². The van der Waals surface area contributed by atoms with Gasteiger partial charge in [0.1, 0.15) is 5.75 Å². The topological polar surface area (TPSA) is 45.7 Å². The summed E-state index contributed by atoms with van der Waals surface area (Å²) in [5.41, 5.74) is 3.63. The highest BCUT2D eigenvalue weighted by molar-refractivity contribution is 7.80. The number of hydrogen-bond donors (Lipinski definition) is 2. The van der Waals surface area contributed by atoms with Gasteiger partial charge in [-0.15, -0.1) is 6.58 Å². The van der Waals surface area contributed by atoms with Crippen LogP contribution in [-0.4, -0.2) is 24.0 Å². The minimum Gasteiger partial charge on any atom is -0.490 e. The summed E-state index contributed by atoms with van der Waals surface area (Å²) < 4.78 is 5.69. The number of hydrazone groups is 1. The summed E-state index contributed by atoms with van der Waals surface area (Å²) in [6.07, 6.45) is 3.53. The number of thiocarbonyl (C=S) groups is 1. The first kappa shape index (κ1) is 15.2. The lowest BCUT2D eigenvalue weighted by atomic mass is 10.2. The van der Waals surface area contributed by atoms with Gasteiger partial charge in [-0.25, -0.2) is 0 Å². The number of benzene rings is 1. The third-order valence-corrected chi connectivity index (χ3v) is 2.29. The zero-order valence-electron chi connectivity index (χ0n) is 11.2. The molecular weight excluding hydrogens is 258 g/mol. The molecule has 0 amide bonds. The van der Waals surface area contributed by atoms with Crippen molar-refractivity contribution in [1.82, 2.24) is 10.7 Å². The Kier molecular flexibility index (Phi) is 6.60. The van der Waals surface area contributed by atoms with Crippen molar-refractivity contribution in [2.75, 3.05) is 6.54 Å². The molecule has 0 aliphatic heterocycles. The van der Waals surface area contributed by atoms with Crippen LogP contribution in [0.15, 0.2) is 42.0 Å². The highest BCUT2D eigenvalue weighted by Crippen LogP contribution is 2.17. The summed E-state index contributed by atoms with van der Waals surface area (Å²) in [5, 5.41) is 7.45. The van der Waals surface area contributed by atoms with E-state index in [1.807, 2.05) is 38.1 Å². The summed E-state index contributed by atoms with van der Waals surface area (Å²) in [6.45, 7) is 8.17. The Morgan fingerprint density at radius 1 is 1.47 bits per heavy atom. The van der Waals surface area contributed by atoms with Crippen molar-refractivity contribution in [3.8, 4) is 5.75 Å². The molecule has 0 heterocycles. The molecule has 0 saturated heterocycles. The van der Waals surface area contributed by atoms with Crippen LogP contribution in [0, 0.1) is 0 Å². The zero-order chi connectivity index (χ0) is 14.1. The van der Waals surface area contributed by atoms with Gasteiger partial charge in [0.15, 0.2) is 5.11 Å². The third-order valence-electron chi connectivity index (χ3n) is 2.06. The normalized spacial score (nSPS) is 10.5. The fraction of sp³-hybridized carbons (Fsp3) is 0.286. The fourth-order valence-electron chi connectivity index (χ4n) is 1.31. The van der Waals surface area contributed by atoms with Gasteiger partial charge >= 0.3 is 0 Å². The molecule has 0 aliphatic carbocycles. The number of hydrogen-bond acceptors (Lipinski definition) is 3. The number of rotatable bonds is 6. The average Bonchev–Trinajstić information content (AvgIpc) is 2.38. The van der Waals surface area contributed by atoms with Gasteiger partial charge in [-0.05, 0) is 38.2 Å². The van der Waals surface area contributed by atoms with Gasteiger partial charge in [0, 0.05) is 12.1 Å². The minimum absolute atomic E-state index is 0.123. The molecule has 0 spiro atoms. The molecule has 102 valence electrons. The van der Waals surface area contributed by atoms with Crippen molar-refractivity contribution < 1.29 is 4.74 Å². The molecule has 0 radical (unpaired) electrons. The van der Waals surface area contributed by atoms with Crippen LogP contribution in [0.1, 0.15) is 19.4 Å². The smallest absolute Gasteiger partial charge is 0.187 e. The summed E-state index contributed by atoms with van der Waals surface area (Å²) in [7, 11) is 0. The van der Waals surface area contributed by atoms with Crippen molar-refractivity contribution >= 4 is 23.5 Å². The van der Waals surface area contributed by atoms with E-state index >= 15 is 0 Å². The molecule has 0 bridgehead atoms. The zero-order valence-corrected chi connectivity index (χ0v) is 12.0. The quantitative estimate of drug-likeness (QED) is 0.363. The highest BCUT2D eigenvalue weighted by atomic mass is 32.1. The van der Waals surface area contributed by atoms with Crippen LogP contribution in [0.4, 0.5) is 0 Å². The van der Waals surface area contributed by atoms with E-state index in [1.165, 1.54) is 0 Å². The molecule has 0 fully saturated rings. The Morgan fingerprint density at radius 3 is 2.89 bits per heavy atom. The second-order valence-corrected chi connectivity index (χ2v) is 4.48. The van der Waals surface area contributed by atoms with E-state index in [0.29, 0.717) is 11.7 Å². The molecule has 0 unspecified atom stereocenters. The lowest BCUT2D eigenvalue weighted by molar-refractivity contribution is 0.242. The van der Waals surface area contributed by atoms with Gasteiger partial charge in [0.05, 0.1) is 12.3 Å². The number of nitrogens with zero attached hydrogens (tertiary/aromatic N) is 1. The highest BCUT2D eigenvalue weighted by Gasteiger charge is 2.02. The molecule has 2 N–H and O–H groups in total. The van der Waals surface area contributed by atoms with E-state index in [0.717, 1.165) is 11.3 Å². The van der Waals surface area contributed by atoms with Crippen LogP contribution in [0.2, 0.25) is 0 Å². The molecular formula is C14H19N3OS. The minimum atomic E-state index is 0.123. The first-order chi connectivity index (χ1) is 9.13. The molecule has 0 aliphatic rings. The van der Waals surface area contributed by atoms with Crippen LogP contribution >= 0.6 is 12.2 Å². The Balaban J connectivity index is 2.60. The lowest BCUT2D eigenvalue weighted by Gasteiger charge is -2.11. The fourth-order valence-corrected chi connectivity index (χ4v) is 1.45. The largest absolute Gasteiger partial charge is 0.490 e. The maximum Gasteiger partial charge on any atom is 0.187 e. The first-order valence-electron chi connectivity index (χ1n) is 6.07. The van der Waals surface area contributed by atoms with E-state index < -0.39 is 0 Å². The van der Waals surface area contributed by atoms with Crippen LogP contribution in [0.5, 0.6) is 5.75 Å². The summed E-state index contributed by atoms with van der Waals surface area (Å²) in [6, 6.07) is 7.71. The molecule has 0 atom stereocenters. The molecule has 19 heavy (non-hydrogen) atoms. The van der Waals surface area contributed by atoms with Crippen molar-refractivity contribution in [3.05, 3.63) is 42.5 Å². The van der Waals surface area contributed by atoms with Crippen molar-refractivity contribution in [2.24, 2.45) is 5.10 Å². The van der Waals surface area contributed by atoms with Gasteiger partial charge in [0.2, 0.25) is 0 Å². The molecule has 0 saturated carbocycles. The van der Waals surface area contributed by atoms with Gasteiger partial charge in [0.25, 0.3) is 0 Å². The first-order valence-corrected chi connectivity index (χ1v) is 6.47. The van der Waals surface area contributed by atoms with Gasteiger partial charge < -0.3 is 10.1 Å². The Bertz CT molecular complexity index is 458. The molecule has 1 rings (SSSR count). The van der Waals surface area contributed by atoms with E-state index in [2.05, 4.69) is 22.4 Å². The molecule has 1 aromatic carbocycles. The summed E-state index contributed by atoms with van der Waals surface area (Å²) in [5.74, 6) is 0.799. The van der Waals surface area contributed by atoms with Gasteiger partial charge in [-0.3, -0.25) is 5.43 Å². The summed E-state index contributed by atoms with van der Waals surface area (Å²) in [4.78, 5) is 0. The second kappa shape index (κ2) is 8.26. The third kappa shape index (κ3) is 6.01. The SMILES string of the molecule is C=CCNC(=S)N/N=C\c1ccccc1OC(C)C. The van der Waals surface area contributed by atoms with E-state index in [-0.39, 0.29) is 6.10 Å². The van der Waals surface area contributed by atoms with Crippen LogP contribution in [-0.2, 0) is 0 Å². The number of nitrogens with one attached hydrogen (secondary N) is 2. The molecule has 5 heteroatoms. The van der Waals surface area contributed by atoms with Crippen LogP contribution in [0.25, 0.3) is 0 Å². The van der Waals surface area contributed by atoms with E-state index in [9.17, 15) is 0 Å². The standard InChI is InChI=1S/C14H19N3OS/c1-4-9-15-14(19)17-16-10-12-7-5-6-8-13(12)18-11(2)3/h4-8,10-11H,1,9H2,2-3H3,(H2,15,17,19)/b16-10-. The maximum absolute atomic E-state index is 5.69. The number of para-hydroxylation sites is 1. The Morgan fingerprint density at radius 2 is 2.21 bits per heavy atom. The van der Waals surface area contributed by atoms with Crippen LogP contribution < -0.4 is 15.5 Å². The Labute approximate surface area is 119 Å². The predicted molar refractivity (Wildman–Crippen MR) is 83.7 cm³/mol. The second-order valence-electron chi connectivity index (χ2n) is 4.07. The van der Waals surface area contributed by atoms with Crippen molar-refractivity contribution in [2.45, 2.75) is 20.0 Å². The van der Waals surface area contributed by atoms with Crippen LogP contribution in [0.3, 0.4) is 0 Å². The van der Waals surface area contributed by atoms with E-state index in [4.69, 9.17) is 17.0 Å². The monoisotopic (exact) mass is 277 g/mol. The Hall–Kier alpha value is -1.88. The maximum atomic E-state index is 5.69.